The minimum Gasteiger partial charge on any atom is -0.494 e. The van der Waals surface area contributed by atoms with Crippen molar-refractivity contribution in [2.75, 3.05) is 11.9 Å². The summed E-state index contributed by atoms with van der Waals surface area (Å²) in [6.07, 6.45) is 3.60. The molecule has 1 aliphatic rings. The van der Waals surface area contributed by atoms with Crippen molar-refractivity contribution < 1.29 is 9.84 Å². The van der Waals surface area contributed by atoms with Gasteiger partial charge < -0.3 is 9.84 Å². The Morgan fingerprint density at radius 3 is 2.52 bits per heavy atom. The Labute approximate surface area is 194 Å². The fraction of sp³-hybridized carbons (Fsp3) is 0.357. The molecule has 0 aliphatic heterocycles. The zero-order valence-corrected chi connectivity index (χ0v) is 19.7. The van der Waals surface area contributed by atoms with Crippen LogP contribution in [0.15, 0.2) is 72.8 Å². The minimum absolute atomic E-state index is 0.295. The molecule has 1 unspecified atom stereocenters. The van der Waals surface area contributed by atoms with Crippen molar-refractivity contribution in [3.8, 4) is 5.75 Å². The van der Waals surface area contributed by atoms with Gasteiger partial charge in [0.25, 0.3) is 0 Å². The molecule has 0 spiro atoms. The average Bonchev–Trinajstić information content (AvgIpc) is 2.82. The predicted octanol–water partition coefficient (Wildman–Crippen LogP) is 6.77. The number of aryl methyl sites for hydroxylation is 2. The molecular weight excluding hydrogens is 448 g/mol. The second-order valence-electron chi connectivity index (χ2n) is 8.60. The molecule has 3 heteroatoms. The number of ether oxygens (including phenoxy) is 1. The smallest absolute Gasteiger partial charge is 0.119 e. The maximum Gasteiger partial charge on any atom is 0.119 e. The number of fused-ring (bicyclic) bond motifs is 1. The van der Waals surface area contributed by atoms with Gasteiger partial charge in [0.2, 0.25) is 0 Å². The SMILES string of the molecule is Cc1ccc2c(c1)CC[C@H](c1ccccc1)[C@@H]2c1ccc(OCCCC(O)CBr)cc1. The zero-order valence-electron chi connectivity index (χ0n) is 18.1. The number of rotatable bonds is 8. The van der Waals surface area contributed by atoms with Crippen molar-refractivity contribution in [1.82, 2.24) is 0 Å². The van der Waals surface area contributed by atoms with Gasteiger partial charge in [-0.1, -0.05) is 82.2 Å². The molecule has 1 N–H and O–H groups in total. The van der Waals surface area contributed by atoms with Gasteiger partial charge in [-0.3, -0.25) is 0 Å². The van der Waals surface area contributed by atoms with Gasteiger partial charge in [0.1, 0.15) is 5.75 Å². The first-order valence-corrected chi connectivity index (χ1v) is 12.4. The zero-order chi connectivity index (χ0) is 21.6. The van der Waals surface area contributed by atoms with Crippen molar-refractivity contribution in [3.05, 3.63) is 101 Å². The molecule has 0 heterocycles. The van der Waals surface area contributed by atoms with Gasteiger partial charge in [-0.05, 0) is 72.9 Å². The molecule has 0 bridgehead atoms. The lowest BCUT2D eigenvalue weighted by Gasteiger charge is -2.35. The Kier molecular flexibility index (Phi) is 7.47. The summed E-state index contributed by atoms with van der Waals surface area (Å²) in [6.45, 7) is 2.81. The fourth-order valence-corrected chi connectivity index (χ4v) is 5.10. The lowest BCUT2D eigenvalue weighted by atomic mass is 9.69. The third-order valence-corrected chi connectivity index (χ3v) is 7.10. The van der Waals surface area contributed by atoms with Gasteiger partial charge in [-0.15, -0.1) is 0 Å². The van der Waals surface area contributed by atoms with Crippen molar-refractivity contribution in [2.24, 2.45) is 0 Å². The molecular formula is C28H31BrO2. The van der Waals surface area contributed by atoms with E-state index in [0.29, 0.717) is 23.8 Å². The molecule has 0 amide bonds. The van der Waals surface area contributed by atoms with Crippen LogP contribution >= 0.6 is 15.9 Å². The molecule has 3 aromatic rings. The molecule has 0 aromatic heterocycles. The van der Waals surface area contributed by atoms with Crippen LogP contribution in [-0.4, -0.2) is 23.1 Å². The quantitative estimate of drug-likeness (QED) is 0.285. The number of aliphatic hydroxyl groups excluding tert-OH is 1. The second kappa shape index (κ2) is 10.5. The van der Waals surface area contributed by atoms with Crippen molar-refractivity contribution >= 4 is 15.9 Å². The van der Waals surface area contributed by atoms with Crippen LogP contribution in [0.25, 0.3) is 0 Å². The Morgan fingerprint density at radius 2 is 1.77 bits per heavy atom. The molecule has 31 heavy (non-hydrogen) atoms. The number of aliphatic hydroxyl groups is 1. The van der Waals surface area contributed by atoms with Crippen LogP contribution < -0.4 is 4.74 Å². The van der Waals surface area contributed by atoms with Crippen molar-refractivity contribution in [1.29, 1.82) is 0 Å². The van der Waals surface area contributed by atoms with Crippen LogP contribution in [0.2, 0.25) is 0 Å². The first-order valence-electron chi connectivity index (χ1n) is 11.3. The third-order valence-electron chi connectivity index (χ3n) is 6.36. The van der Waals surface area contributed by atoms with Gasteiger partial charge in [0.15, 0.2) is 0 Å². The highest BCUT2D eigenvalue weighted by Crippen LogP contribution is 2.46. The first kappa shape index (κ1) is 22.1. The lowest BCUT2D eigenvalue weighted by Crippen LogP contribution is -2.20. The molecule has 0 saturated carbocycles. The van der Waals surface area contributed by atoms with Crippen LogP contribution in [0, 0.1) is 6.92 Å². The van der Waals surface area contributed by atoms with E-state index in [4.69, 9.17) is 4.74 Å². The first-order chi connectivity index (χ1) is 15.2. The van der Waals surface area contributed by atoms with E-state index >= 15 is 0 Å². The summed E-state index contributed by atoms with van der Waals surface area (Å²) in [4.78, 5) is 0. The Morgan fingerprint density at radius 1 is 1.00 bits per heavy atom. The number of alkyl halides is 1. The predicted molar refractivity (Wildman–Crippen MR) is 131 cm³/mol. The van der Waals surface area contributed by atoms with E-state index in [1.165, 1.54) is 34.2 Å². The molecule has 3 aromatic carbocycles. The normalized spacial score (nSPS) is 18.9. The molecule has 0 fully saturated rings. The highest BCUT2D eigenvalue weighted by Gasteiger charge is 2.31. The van der Waals surface area contributed by atoms with Crippen molar-refractivity contribution in [3.63, 3.8) is 0 Å². The molecule has 4 rings (SSSR count). The maximum absolute atomic E-state index is 9.65. The van der Waals surface area contributed by atoms with Gasteiger partial charge in [-0.25, -0.2) is 0 Å². The number of benzene rings is 3. The minimum atomic E-state index is -0.295. The fourth-order valence-electron chi connectivity index (χ4n) is 4.78. The summed E-state index contributed by atoms with van der Waals surface area (Å²) in [7, 11) is 0. The van der Waals surface area contributed by atoms with Gasteiger partial charge in [0, 0.05) is 11.2 Å². The van der Waals surface area contributed by atoms with E-state index in [0.717, 1.165) is 25.0 Å². The second-order valence-corrected chi connectivity index (χ2v) is 9.25. The van der Waals surface area contributed by atoms with Crippen LogP contribution in [0.3, 0.4) is 0 Å². The summed E-state index contributed by atoms with van der Waals surface area (Å²) in [5, 5.41) is 10.3. The monoisotopic (exact) mass is 478 g/mol. The van der Waals surface area contributed by atoms with Gasteiger partial charge in [0.05, 0.1) is 12.7 Å². The standard InChI is InChI=1S/C28H31BrO2/c1-20-9-15-27-23(18-20)12-16-26(21-6-3-2-4-7-21)28(27)22-10-13-25(14-11-22)31-17-5-8-24(30)19-29/h2-4,6-7,9-11,13-15,18,24,26,28,30H,5,8,12,16-17,19H2,1H3/t24?,26-,28+/m1/s1. The van der Waals surface area contributed by atoms with Crippen molar-refractivity contribution in [2.45, 2.75) is 50.5 Å². The number of hydrogen-bond donors (Lipinski definition) is 1. The molecule has 3 atom stereocenters. The highest BCUT2D eigenvalue weighted by atomic mass is 79.9. The summed E-state index contributed by atoms with van der Waals surface area (Å²) >= 11 is 3.30. The average molecular weight is 479 g/mol. The lowest BCUT2D eigenvalue weighted by molar-refractivity contribution is 0.175. The number of hydrogen-bond acceptors (Lipinski definition) is 2. The van der Waals surface area contributed by atoms with E-state index in [1.807, 2.05) is 0 Å². The molecule has 162 valence electrons. The largest absolute Gasteiger partial charge is 0.494 e. The maximum atomic E-state index is 9.65. The van der Waals surface area contributed by atoms with E-state index in [9.17, 15) is 5.11 Å². The summed E-state index contributed by atoms with van der Waals surface area (Å²) in [5.74, 6) is 1.73. The number of halogens is 1. The van der Waals surface area contributed by atoms with Crippen LogP contribution in [0.4, 0.5) is 0 Å². The topological polar surface area (TPSA) is 29.5 Å². The van der Waals surface area contributed by atoms with E-state index in [2.05, 4.69) is 95.7 Å². The summed E-state index contributed by atoms with van der Waals surface area (Å²) in [5.41, 5.74) is 7.06. The molecule has 1 aliphatic carbocycles. The van der Waals surface area contributed by atoms with Gasteiger partial charge >= 0.3 is 0 Å². The van der Waals surface area contributed by atoms with E-state index in [-0.39, 0.29) is 6.10 Å². The Bertz CT molecular complexity index is 968. The van der Waals surface area contributed by atoms with E-state index < -0.39 is 0 Å². The summed E-state index contributed by atoms with van der Waals surface area (Å²) < 4.78 is 5.91. The van der Waals surface area contributed by atoms with Gasteiger partial charge in [-0.2, -0.15) is 0 Å². The van der Waals surface area contributed by atoms with Crippen LogP contribution in [0.5, 0.6) is 5.75 Å². The van der Waals surface area contributed by atoms with Crippen LogP contribution in [0.1, 0.15) is 58.9 Å². The Hall–Kier alpha value is -2.10. The molecule has 2 nitrogen and oxygen atoms in total. The molecule has 0 radical (unpaired) electrons. The third kappa shape index (κ3) is 5.39. The molecule has 0 saturated heterocycles. The Balaban J connectivity index is 1.56. The van der Waals surface area contributed by atoms with E-state index in [1.54, 1.807) is 0 Å². The van der Waals surface area contributed by atoms with Crippen LogP contribution in [-0.2, 0) is 6.42 Å². The summed E-state index contributed by atoms with van der Waals surface area (Å²) in [6, 6.07) is 26.6. The highest BCUT2D eigenvalue weighted by molar-refractivity contribution is 9.09.